The van der Waals surface area contributed by atoms with Gasteiger partial charge in [0, 0.05) is 46.6 Å². The molecule has 30 heavy (non-hydrogen) atoms. The van der Waals surface area contributed by atoms with Crippen LogP contribution in [0.4, 0.5) is 0 Å². The highest BCUT2D eigenvalue weighted by molar-refractivity contribution is 6.30. The van der Waals surface area contributed by atoms with Gasteiger partial charge in [0.1, 0.15) is 5.60 Å². The Morgan fingerprint density at radius 1 is 1.27 bits per heavy atom. The van der Waals surface area contributed by atoms with Crippen LogP contribution in [0.1, 0.15) is 43.2 Å². The summed E-state index contributed by atoms with van der Waals surface area (Å²) in [5.41, 5.74) is 1.94. The zero-order chi connectivity index (χ0) is 21.0. The molecule has 1 fully saturated rings. The predicted octanol–water partition coefficient (Wildman–Crippen LogP) is 4.60. The maximum Gasteiger partial charge on any atom is 0.220 e. The summed E-state index contributed by atoms with van der Waals surface area (Å²) in [5, 5.41) is 15.8. The van der Waals surface area contributed by atoms with Gasteiger partial charge >= 0.3 is 0 Å². The van der Waals surface area contributed by atoms with E-state index in [0.717, 1.165) is 34.9 Å². The lowest BCUT2D eigenvalue weighted by Gasteiger charge is -2.33. The quantitative estimate of drug-likeness (QED) is 0.540. The fourth-order valence-corrected chi connectivity index (χ4v) is 4.35. The summed E-state index contributed by atoms with van der Waals surface area (Å²) in [6.07, 6.45) is 5.78. The molecule has 0 spiro atoms. The van der Waals surface area contributed by atoms with Crippen LogP contribution in [0.2, 0.25) is 5.02 Å². The third-order valence-corrected chi connectivity index (χ3v) is 5.90. The number of rotatable bonds is 4. The van der Waals surface area contributed by atoms with Crippen molar-refractivity contribution in [1.29, 1.82) is 0 Å². The maximum absolute atomic E-state index is 12.5. The van der Waals surface area contributed by atoms with Crippen molar-refractivity contribution in [2.75, 3.05) is 0 Å². The minimum atomic E-state index is -1.09. The molecule has 154 valence electrons. The lowest BCUT2D eigenvalue weighted by Crippen LogP contribution is -2.45. The van der Waals surface area contributed by atoms with Gasteiger partial charge in [-0.05, 0) is 61.6 Å². The average molecular weight is 421 g/mol. The Morgan fingerprint density at radius 2 is 2.13 bits per heavy atom. The van der Waals surface area contributed by atoms with Crippen molar-refractivity contribution in [3.63, 3.8) is 0 Å². The molecule has 5 heteroatoms. The number of hydrogen-bond donors (Lipinski definition) is 3. The molecule has 1 amide bonds. The zero-order valence-electron chi connectivity index (χ0n) is 16.7. The van der Waals surface area contributed by atoms with Gasteiger partial charge in [-0.15, -0.1) is 0 Å². The van der Waals surface area contributed by atoms with Crippen LogP contribution in [0, 0.1) is 11.8 Å². The second-order valence-corrected chi connectivity index (χ2v) is 8.45. The molecule has 0 radical (unpaired) electrons. The summed E-state index contributed by atoms with van der Waals surface area (Å²) >= 11 is 6.00. The highest BCUT2D eigenvalue weighted by Crippen LogP contribution is 2.28. The summed E-state index contributed by atoms with van der Waals surface area (Å²) < 4.78 is 0. The van der Waals surface area contributed by atoms with Crippen molar-refractivity contribution < 1.29 is 9.90 Å². The van der Waals surface area contributed by atoms with Crippen molar-refractivity contribution in [2.24, 2.45) is 0 Å². The van der Waals surface area contributed by atoms with Gasteiger partial charge in [0.05, 0.1) is 0 Å². The molecule has 4 rings (SSSR count). The maximum atomic E-state index is 12.5. The number of carbonyl (C=O) groups is 1. The zero-order valence-corrected chi connectivity index (χ0v) is 17.5. The van der Waals surface area contributed by atoms with Crippen molar-refractivity contribution in [3.05, 3.63) is 70.9 Å². The molecule has 1 saturated carbocycles. The number of halogens is 1. The first-order valence-electron chi connectivity index (χ1n) is 10.4. The SMILES string of the molecule is O=C(CCc1cccc2[nH]ccc12)N[C@H]1CCCC(O)(C#Cc2cccc(Cl)c2)C1. The van der Waals surface area contributed by atoms with Crippen LogP contribution < -0.4 is 5.32 Å². The Hall–Kier alpha value is -2.74. The van der Waals surface area contributed by atoms with Gasteiger partial charge in [0.15, 0.2) is 0 Å². The number of aliphatic hydroxyl groups is 1. The first-order valence-corrected chi connectivity index (χ1v) is 10.7. The molecule has 1 aliphatic carbocycles. The molecule has 2 atom stereocenters. The fraction of sp³-hybridized carbons (Fsp3) is 0.320. The first kappa shape index (κ1) is 20.5. The number of carbonyl (C=O) groups excluding carboxylic acids is 1. The Morgan fingerprint density at radius 3 is 3.00 bits per heavy atom. The van der Waals surface area contributed by atoms with Crippen LogP contribution in [0.5, 0.6) is 0 Å². The van der Waals surface area contributed by atoms with Crippen molar-refractivity contribution in [3.8, 4) is 11.8 Å². The van der Waals surface area contributed by atoms with Crippen LogP contribution in [0.15, 0.2) is 54.7 Å². The number of aromatic nitrogens is 1. The normalized spacial score (nSPS) is 21.1. The van der Waals surface area contributed by atoms with Gasteiger partial charge < -0.3 is 15.4 Å². The number of amides is 1. The number of hydrogen-bond acceptors (Lipinski definition) is 2. The lowest BCUT2D eigenvalue weighted by molar-refractivity contribution is -0.122. The Labute approximate surface area is 181 Å². The minimum Gasteiger partial charge on any atom is -0.378 e. The number of benzene rings is 2. The number of aromatic amines is 1. The molecule has 2 aromatic carbocycles. The van der Waals surface area contributed by atoms with Crippen LogP contribution in [0.3, 0.4) is 0 Å². The molecule has 3 N–H and O–H groups in total. The monoisotopic (exact) mass is 420 g/mol. The second-order valence-electron chi connectivity index (χ2n) is 8.01. The van der Waals surface area contributed by atoms with Gasteiger partial charge in [-0.25, -0.2) is 0 Å². The summed E-state index contributed by atoms with van der Waals surface area (Å²) in [5.74, 6) is 6.06. The number of nitrogens with one attached hydrogen (secondary N) is 2. The van der Waals surface area contributed by atoms with E-state index >= 15 is 0 Å². The molecule has 0 bridgehead atoms. The number of aryl methyl sites for hydroxylation is 1. The molecule has 1 unspecified atom stereocenters. The highest BCUT2D eigenvalue weighted by Gasteiger charge is 2.33. The molecular weight excluding hydrogens is 396 g/mol. The molecule has 1 heterocycles. The predicted molar refractivity (Wildman–Crippen MR) is 120 cm³/mol. The van der Waals surface area contributed by atoms with Gasteiger partial charge in [0.25, 0.3) is 0 Å². The van der Waals surface area contributed by atoms with E-state index in [-0.39, 0.29) is 11.9 Å². The second kappa shape index (κ2) is 8.95. The van der Waals surface area contributed by atoms with E-state index in [0.29, 0.717) is 30.7 Å². The third-order valence-electron chi connectivity index (χ3n) is 5.66. The van der Waals surface area contributed by atoms with Crippen molar-refractivity contribution in [2.45, 2.75) is 50.2 Å². The summed E-state index contributed by atoms with van der Waals surface area (Å²) in [6, 6.07) is 15.4. The molecule has 4 nitrogen and oxygen atoms in total. The molecule has 1 aromatic heterocycles. The van der Waals surface area contributed by atoms with Crippen molar-refractivity contribution >= 4 is 28.4 Å². The van der Waals surface area contributed by atoms with Crippen LogP contribution in [-0.2, 0) is 11.2 Å². The minimum absolute atomic E-state index is 0.0135. The van der Waals surface area contributed by atoms with E-state index < -0.39 is 5.60 Å². The van der Waals surface area contributed by atoms with E-state index in [1.807, 2.05) is 36.5 Å². The van der Waals surface area contributed by atoms with E-state index in [4.69, 9.17) is 11.6 Å². The van der Waals surface area contributed by atoms with Crippen LogP contribution in [0.25, 0.3) is 10.9 Å². The van der Waals surface area contributed by atoms with E-state index in [1.54, 1.807) is 12.1 Å². The van der Waals surface area contributed by atoms with Crippen LogP contribution >= 0.6 is 11.6 Å². The molecule has 3 aromatic rings. The Bertz CT molecular complexity index is 1110. The molecule has 0 aliphatic heterocycles. The summed E-state index contributed by atoms with van der Waals surface area (Å²) in [6.45, 7) is 0. The first-order chi connectivity index (χ1) is 14.5. The third kappa shape index (κ3) is 5.05. The van der Waals surface area contributed by atoms with Crippen molar-refractivity contribution in [1.82, 2.24) is 10.3 Å². The molecular formula is C25H25ClN2O2. The average Bonchev–Trinajstić information content (AvgIpc) is 3.20. The van der Waals surface area contributed by atoms with E-state index in [1.165, 1.54) is 0 Å². The largest absolute Gasteiger partial charge is 0.378 e. The van der Waals surface area contributed by atoms with E-state index in [2.05, 4.69) is 28.2 Å². The van der Waals surface area contributed by atoms with Gasteiger partial charge in [-0.1, -0.05) is 41.6 Å². The van der Waals surface area contributed by atoms with Gasteiger partial charge in [-0.2, -0.15) is 0 Å². The molecule has 0 saturated heterocycles. The lowest BCUT2D eigenvalue weighted by atomic mass is 9.82. The summed E-state index contributed by atoms with van der Waals surface area (Å²) in [7, 11) is 0. The fourth-order valence-electron chi connectivity index (χ4n) is 4.16. The highest BCUT2D eigenvalue weighted by atomic mass is 35.5. The van der Waals surface area contributed by atoms with Gasteiger partial charge in [0.2, 0.25) is 5.91 Å². The number of H-pyrrole nitrogens is 1. The number of fused-ring (bicyclic) bond motifs is 1. The topological polar surface area (TPSA) is 65.1 Å². The Balaban J connectivity index is 1.34. The standard InChI is InChI=1S/C25H25ClN2O2/c26-20-6-1-4-18(16-20)11-14-25(30)13-3-7-21(17-25)28-24(29)10-9-19-5-2-8-23-22(19)12-15-27-23/h1-2,4-6,8,12,15-16,21,27,30H,3,7,9-10,13,17H2,(H,28,29)/t21-,25?/m0/s1. The van der Waals surface area contributed by atoms with Gasteiger partial charge in [-0.3, -0.25) is 4.79 Å². The Kier molecular flexibility index (Phi) is 6.13. The van der Waals surface area contributed by atoms with Crippen LogP contribution in [-0.4, -0.2) is 27.6 Å². The summed E-state index contributed by atoms with van der Waals surface area (Å²) in [4.78, 5) is 15.7. The smallest absolute Gasteiger partial charge is 0.220 e. The van der Waals surface area contributed by atoms with E-state index in [9.17, 15) is 9.90 Å². The molecule has 1 aliphatic rings.